The molecule has 0 aliphatic heterocycles. The molecule has 0 saturated heterocycles. The molecular weight excluding hydrogens is 321 g/mol. The van der Waals surface area contributed by atoms with E-state index in [2.05, 4.69) is 15.5 Å². The van der Waals surface area contributed by atoms with E-state index in [1.165, 1.54) is 6.07 Å². The second-order valence-electron chi connectivity index (χ2n) is 6.21. The second kappa shape index (κ2) is 6.47. The standard InChI is InChI=1S/C19H16FN3O2/c20-15-5-1-3-12(7-15)14-8-16(9-14)22-19(24)17-10-18(25-23-17)13-4-2-6-21-11-13/h1-7,10-11,14,16H,8-9H2,(H,22,24). The highest BCUT2D eigenvalue weighted by Crippen LogP contribution is 2.37. The molecule has 1 aliphatic carbocycles. The molecule has 1 amide bonds. The number of benzene rings is 1. The first-order valence-corrected chi connectivity index (χ1v) is 8.12. The Labute approximate surface area is 143 Å². The van der Waals surface area contributed by atoms with Crippen molar-refractivity contribution in [3.63, 3.8) is 0 Å². The van der Waals surface area contributed by atoms with Gasteiger partial charge < -0.3 is 9.84 Å². The van der Waals surface area contributed by atoms with E-state index in [4.69, 9.17) is 4.52 Å². The van der Waals surface area contributed by atoms with Crippen LogP contribution in [0.2, 0.25) is 0 Å². The van der Waals surface area contributed by atoms with Crippen molar-refractivity contribution in [3.8, 4) is 11.3 Å². The summed E-state index contributed by atoms with van der Waals surface area (Å²) in [6.45, 7) is 0. The maximum absolute atomic E-state index is 13.3. The van der Waals surface area contributed by atoms with Gasteiger partial charge in [-0.3, -0.25) is 9.78 Å². The Kier molecular flexibility index (Phi) is 4.01. The van der Waals surface area contributed by atoms with Crippen molar-refractivity contribution in [3.05, 3.63) is 71.9 Å². The smallest absolute Gasteiger partial charge is 0.273 e. The molecule has 0 radical (unpaired) electrons. The lowest BCUT2D eigenvalue weighted by atomic mass is 9.76. The van der Waals surface area contributed by atoms with Crippen LogP contribution in [0.3, 0.4) is 0 Å². The Morgan fingerprint density at radius 3 is 2.84 bits per heavy atom. The number of aromatic nitrogens is 2. The van der Waals surface area contributed by atoms with E-state index in [9.17, 15) is 9.18 Å². The summed E-state index contributed by atoms with van der Waals surface area (Å²) in [5.74, 6) is 0.297. The van der Waals surface area contributed by atoms with Crippen LogP contribution in [0.15, 0.2) is 59.4 Å². The lowest BCUT2D eigenvalue weighted by Crippen LogP contribution is -2.43. The number of halogens is 1. The largest absolute Gasteiger partial charge is 0.355 e. The molecule has 1 saturated carbocycles. The zero-order valence-electron chi connectivity index (χ0n) is 13.4. The first-order valence-electron chi connectivity index (χ1n) is 8.12. The Bertz CT molecular complexity index is 888. The van der Waals surface area contributed by atoms with Gasteiger partial charge in [-0.25, -0.2) is 4.39 Å². The fourth-order valence-electron chi connectivity index (χ4n) is 3.05. The van der Waals surface area contributed by atoms with E-state index in [0.29, 0.717) is 5.76 Å². The molecule has 1 N–H and O–H groups in total. The van der Waals surface area contributed by atoms with Gasteiger partial charge in [-0.15, -0.1) is 0 Å². The molecule has 1 aliphatic rings. The third-order valence-corrected chi connectivity index (χ3v) is 4.48. The van der Waals surface area contributed by atoms with Crippen LogP contribution in [0.1, 0.15) is 34.8 Å². The summed E-state index contributed by atoms with van der Waals surface area (Å²) in [5.41, 5.74) is 1.99. The highest BCUT2D eigenvalue weighted by molar-refractivity contribution is 5.93. The van der Waals surface area contributed by atoms with Crippen LogP contribution < -0.4 is 5.32 Å². The van der Waals surface area contributed by atoms with Crippen LogP contribution in [0.25, 0.3) is 11.3 Å². The summed E-state index contributed by atoms with van der Waals surface area (Å²) in [6, 6.07) is 11.9. The second-order valence-corrected chi connectivity index (χ2v) is 6.21. The highest BCUT2D eigenvalue weighted by atomic mass is 19.1. The summed E-state index contributed by atoms with van der Waals surface area (Å²) in [7, 11) is 0. The normalized spacial score (nSPS) is 19.2. The topological polar surface area (TPSA) is 68.0 Å². The lowest BCUT2D eigenvalue weighted by Gasteiger charge is -2.36. The maximum atomic E-state index is 13.3. The van der Waals surface area contributed by atoms with E-state index in [-0.39, 0.29) is 29.4 Å². The Morgan fingerprint density at radius 2 is 2.08 bits per heavy atom. The van der Waals surface area contributed by atoms with Crippen molar-refractivity contribution in [1.29, 1.82) is 0 Å². The summed E-state index contributed by atoms with van der Waals surface area (Å²) in [4.78, 5) is 16.3. The van der Waals surface area contributed by atoms with Crippen LogP contribution in [0.4, 0.5) is 4.39 Å². The zero-order chi connectivity index (χ0) is 17.2. The number of nitrogens with one attached hydrogen (secondary N) is 1. The maximum Gasteiger partial charge on any atom is 0.273 e. The van der Waals surface area contributed by atoms with Crippen LogP contribution in [0.5, 0.6) is 0 Å². The van der Waals surface area contributed by atoms with Crippen molar-refractivity contribution >= 4 is 5.91 Å². The number of rotatable bonds is 4. The number of pyridine rings is 1. The van der Waals surface area contributed by atoms with Gasteiger partial charge >= 0.3 is 0 Å². The fraction of sp³-hybridized carbons (Fsp3) is 0.211. The molecule has 1 aromatic carbocycles. The van der Waals surface area contributed by atoms with Crippen LogP contribution in [-0.2, 0) is 0 Å². The first kappa shape index (κ1) is 15.5. The van der Waals surface area contributed by atoms with Gasteiger partial charge in [0.1, 0.15) is 5.82 Å². The molecule has 0 spiro atoms. The zero-order valence-corrected chi connectivity index (χ0v) is 13.4. The van der Waals surface area contributed by atoms with E-state index in [0.717, 1.165) is 24.0 Å². The quantitative estimate of drug-likeness (QED) is 0.790. The molecule has 0 unspecified atom stereocenters. The summed E-state index contributed by atoms with van der Waals surface area (Å²) >= 11 is 0. The Balaban J connectivity index is 1.35. The molecule has 2 aromatic heterocycles. The van der Waals surface area contributed by atoms with Crippen LogP contribution in [-0.4, -0.2) is 22.1 Å². The Morgan fingerprint density at radius 1 is 1.20 bits per heavy atom. The Hall–Kier alpha value is -3.02. The minimum absolute atomic E-state index is 0.0688. The first-order chi connectivity index (χ1) is 12.2. The molecule has 1 fully saturated rings. The molecular formula is C19H16FN3O2. The van der Waals surface area contributed by atoms with Crippen LogP contribution >= 0.6 is 0 Å². The van der Waals surface area contributed by atoms with Crippen molar-refractivity contribution in [2.75, 3.05) is 0 Å². The van der Waals surface area contributed by atoms with Crippen LogP contribution in [0, 0.1) is 5.82 Å². The van der Waals surface area contributed by atoms with Gasteiger partial charge in [-0.1, -0.05) is 17.3 Å². The third kappa shape index (κ3) is 3.28. The minimum Gasteiger partial charge on any atom is -0.355 e. The molecule has 3 aromatic rings. The third-order valence-electron chi connectivity index (χ3n) is 4.48. The molecule has 4 rings (SSSR count). The number of hydrogen-bond donors (Lipinski definition) is 1. The van der Waals surface area contributed by atoms with E-state index in [1.807, 2.05) is 12.1 Å². The van der Waals surface area contributed by atoms with Crippen molar-refractivity contribution < 1.29 is 13.7 Å². The molecule has 2 heterocycles. The molecule has 0 bridgehead atoms. The highest BCUT2D eigenvalue weighted by Gasteiger charge is 2.32. The number of hydrogen-bond acceptors (Lipinski definition) is 4. The average molecular weight is 337 g/mol. The number of carbonyl (C=O) groups excluding carboxylic acids is 1. The van der Waals surface area contributed by atoms with Crippen molar-refractivity contribution in [1.82, 2.24) is 15.5 Å². The van der Waals surface area contributed by atoms with Gasteiger partial charge in [0.05, 0.1) is 0 Å². The van der Waals surface area contributed by atoms with E-state index in [1.54, 1.807) is 36.7 Å². The van der Waals surface area contributed by atoms with Crippen molar-refractivity contribution in [2.45, 2.75) is 24.8 Å². The number of amides is 1. The molecule has 126 valence electrons. The molecule has 5 nitrogen and oxygen atoms in total. The van der Waals surface area contributed by atoms with Gasteiger partial charge in [-0.2, -0.15) is 0 Å². The number of carbonyl (C=O) groups is 1. The summed E-state index contributed by atoms with van der Waals surface area (Å²) in [6.07, 6.45) is 4.90. The SMILES string of the molecule is O=C(NC1CC(c2cccc(F)c2)C1)c1cc(-c2cccnc2)on1. The minimum atomic E-state index is -0.262. The monoisotopic (exact) mass is 337 g/mol. The fourth-order valence-corrected chi connectivity index (χ4v) is 3.05. The van der Waals surface area contributed by atoms with Gasteiger partial charge in [0.15, 0.2) is 11.5 Å². The molecule has 6 heteroatoms. The molecule has 0 atom stereocenters. The summed E-state index contributed by atoms with van der Waals surface area (Å²) in [5, 5.41) is 6.77. The van der Waals surface area contributed by atoms with E-state index < -0.39 is 0 Å². The molecule has 25 heavy (non-hydrogen) atoms. The number of nitrogens with zero attached hydrogens (tertiary/aromatic N) is 2. The predicted molar refractivity (Wildman–Crippen MR) is 89.4 cm³/mol. The van der Waals surface area contributed by atoms with Gasteiger partial charge in [0.25, 0.3) is 5.91 Å². The van der Waals surface area contributed by atoms with E-state index >= 15 is 0 Å². The van der Waals surface area contributed by atoms with Gasteiger partial charge in [0.2, 0.25) is 0 Å². The van der Waals surface area contributed by atoms with Crippen molar-refractivity contribution in [2.24, 2.45) is 0 Å². The summed E-state index contributed by atoms with van der Waals surface area (Å²) < 4.78 is 18.5. The van der Waals surface area contributed by atoms with Gasteiger partial charge in [0, 0.05) is 30.1 Å². The lowest BCUT2D eigenvalue weighted by molar-refractivity contribution is 0.0899. The predicted octanol–water partition coefficient (Wildman–Crippen LogP) is 3.55. The van der Waals surface area contributed by atoms with Gasteiger partial charge in [-0.05, 0) is 48.6 Å². The average Bonchev–Trinajstić information content (AvgIpc) is 3.08.